The fourth-order valence-electron chi connectivity index (χ4n) is 4.50. The number of likely N-dealkylation sites (tertiary alicyclic amines) is 1. The van der Waals surface area contributed by atoms with Gasteiger partial charge >= 0.3 is 0 Å². The summed E-state index contributed by atoms with van der Waals surface area (Å²) in [4.78, 5) is 15.1. The van der Waals surface area contributed by atoms with Crippen molar-refractivity contribution in [2.24, 2.45) is 16.7 Å². The van der Waals surface area contributed by atoms with E-state index < -0.39 is 0 Å². The van der Waals surface area contributed by atoms with Gasteiger partial charge in [0.2, 0.25) is 5.91 Å². The summed E-state index contributed by atoms with van der Waals surface area (Å²) in [5, 5.41) is 3.59. The van der Waals surface area contributed by atoms with Gasteiger partial charge in [0.05, 0.1) is 0 Å². The first-order valence-electron chi connectivity index (χ1n) is 7.91. The van der Waals surface area contributed by atoms with Crippen LogP contribution in [-0.4, -0.2) is 36.0 Å². The summed E-state index contributed by atoms with van der Waals surface area (Å²) in [5.41, 5.74) is 0.334. The summed E-state index contributed by atoms with van der Waals surface area (Å²) < 4.78 is 0. The van der Waals surface area contributed by atoms with E-state index in [0.29, 0.717) is 18.0 Å². The molecule has 1 N–H and O–H groups in total. The first-order chi connectivity index (χ1) is 8.87. The third-order valence-electron chi connectivity index (χ3n) is 6.41. The lowest BCUT2D eigenvalue weighted by atomic mass is 10.0. The van der Waals surface area contributed by atoms with Gasteiger partial charge in [-0.3, -0.25) is 4.79 Å². The molecular formula is C16H28N2O. The van der Waals surface area contributed by atoms with Crippen molar-refractivity contribution < 1.29 is 4.79 Å². The van der Waals surface area contributed by atoms with Crippen molar-refractivity contribution >= 4 is 5.91 Å². The van der Waals surface area contributed by atoms with Crippen LogP contribution in [0.4, 0.5) is 0 Å². The molecule has 3 heteroatoms. The Morgan fingerprint density at radius 2 is 1.79 bits per heavy atom. The quantitative estimate of drug-likeness (QED) is 0.830. The number of rotatable bonds is 2. The van der Waals surface area contributed by atoms with Gasteiger partial charge in [0, 0.05) is 24.5 Å². The van der Waals surface area contributed by atoms with Crippen LogP contribution >= 0.6 is 0 Å². The van der Waals surface area contributed by atoms with Crippen molar-refractivity contribution in [2.45, 2.75) is 65.5 Å². The van der Waals surface area contributed by atoms with Crippen LogP contribution in [-0.2, 0) is 4.79 Å². The van der Waals surface area contributed by atoms with Crippen LogP contribution in [0.2, 0.25) is 0 Å². The smallest absolute Gasteiger partial charge is 0.227 e. The average Bonchev–Trinajstić information content (AvgIpc) is 2.87. The van der Waals surface area contributed by atoms with Gasteiger partial charge in [-0.05, 0) is 43.1 Å². The molecular weight excluding hydrogens is 236 g/mol. The lowest BCUT2D eigenvalue weighted by molar-refractivity contribution is -0.135. The van der Waals surface area contributed by atoms with E-state index in [1.165, 1.54) is 25.7 Å². The van der Waals surface area contributed by atoms with Gasteiger partial charge in [-0.15, -0.1) is 0 Å². The fourth-order valence-corrected chi connectivity index (χ4v) is 4.50. The van der Waals surface area contributed by atoms with Crippen molar-refractivity contribution in [3.8, 4) is 0 Å². The highest BCUT2D eigenvalue weighted by molar-refractivity contribution is 5.84. The van der Waals surface area contributed by atoms with Crippen molar-refractivity contribution in [1.82, 2.24) is 10.2 Å². The van der Waals surface area contributed by atoms with Gasteiger partial charge in [-0.2, -0.15) is 0 Å². The van der Waals surface area contributed by atoms with E-state index in [2.05, 4.69) is 37.9 Å². The van der Waals surface area contributed by atoms with Gasteiger partial charge in [0.1, 0.15) is 0 Å². The molecule has 3 aliphatic rings. The lowest BCUT2D eigenvalue weighted by Gasteiger charge is -2.30. The molecule has 2 heterocycles. The molecule has 2 unspecified atom stereocenters. The van der Waals surface area contributed by atoms with E-state index in [1.54, 1.807) is 0 Å². The van der Waals surface area contributed by atoms with Crippen LogP contribution in [0.1, 0.15) is 53.4 Å². The molecule has 2 atom stereocenters. The monoisotopic (exact) mass is 264 g/mol. The van der Waals surface area contributed by atoms with Crippen LogP contribution in [0.25, 0.3) is 0 Å². The molecule has 0 aromatic rings. The first kappa shape index (κ1) is 13.4. The zero-order valence-electron chi connectivity index (χ0n) is 12.8. The largest absolute Gasteiger partial charge is 0.338 e. The number of nitrogens with zero attached hydrogens (tertiary/aromatic N) is 1. The Morgan fingerprint density at radius 3 is 2.32 bits per heavy atom. The molecule has 1 amide bonds. The van der Waals surface area contributed by atoms with Gasteiger partial charge in [0.25, 0.3) is 0 Å². The molecule has 19 heavy (non-hydrogen) atoms. The maximum Gasteiger partial charge on any atom is 0.227 e. The highest BCUT2D eigenvalue weighted by Gasteiger charge is 2.69. The Labute approximate surface area is 117 Å². The molecule has 3 rings (SSSR count). The van der Waals surface area contributed by atoms with E-state index in [0.717, 1.165) is 13.1 Å². The third-order valence-corrected chi connectivity index (χ3v) is 6.41. The molecule has 0 bridgehead atoms. The Bertz CT molecular complexity index is 368. The van der Waals surface area contributed by atoms with Crippen molar-refractivity contribution in [1.29, 1.82) is 0 Å². The molecule has 0 radical (unpaired) electrons. The van der Waals surface area contributed by atoms with E-state index in [-0.39, 0.29) is 16.7 Å². The molecule has 108 valence electrons. The maximum atomic E-state index is 12.9. The number of nitrogens with one attached hydrogen (secondary N) is 1. The van der Waals surface area contributed by atoms with Crippen LogP contribution in [0, 0.1) is 16.7 Å². The summed E-state index contributed by atoms with van der Waals surface area (Å²) in [6.45, 7) is 11.1. The van der Waals surface area contributed by atoms with Gasteiger partial charge < -0.3 is 10.2 Å². The average molecular weight is 264 g/mol. The minimum atomic E-state index is 0.167. The molecule has 2 saturated heterocycles. The molecule has 0 aromatic heterocycles. The number of amides is 1. The Balaban J connectivity index is 1.73. The lowest BCUT2D eigenvalue weighted by Crippen LogP contribution is -2.47. The Morgan fingerprint density at radius 1 is 1.11 bits per heavy atom. The molecule has 3 fully saturated rings. The zero-order chi connectivity index (χ0) is 13.8. The van der Waals surface area contributed by atoms with Crippen LogP contribution in [0.3, 0.4) is 0 Å². The second-order valence-corrected chi connectivity index (χ2v) is 7.82. The maximum absolute atomic E-state index is 12.9. The van der Waals surface area contributed by atoms with Crippen molar-refractivity contribution in [2.75, 3.05) is 13.1 Å². The van der Waals surface area contributed by atoms with E-state index >= 15 is 0 Å². The third kappa shape index (κ3) is 1.84. The van der Waals surface area contributed by atoms with E-state index in [9.17, 15) is 4.79 Å². The molecule has 3 nitrogen and oxygen atoms in total. The molecule has 1 saturated carbocycles. The molecule has 2 aliphatic heterocycles. The standard InChI is InChI=1S/C16H28N2O/c1-15(2)13(16(15,3)4)14(19)18-10-6-8-12(18)11-7-5-9-17-11/h11-13,17H,5-10H2,1-4H3. The summed E-state index contributed by atoms with van der Waals surface area (Å²) in [5.74, 6) is 0.646. The summed E-state index contributed by atoms with van der Waals surface area (Å²) >= 11 is 0. The van der Waals surface area contributed by atoms with Crippen LogP contribution < -0.4 is 5.32 Å². The number of carbonyl (C=O) groups is 1. The Hall–Kier alpha value is -0.570. The predicted molar refractivity (Wildman–Crippen MR) is 76.8 cm³/mol. The molecule has 1 aliphatic carbocycles. The second kappa shape index (κ2) is 4.21. The normalized spacial score (nSPS) is 36.7. The van der Waals surface area contributed by atoms with Crippen LogP contribution in [0.15, 0.2) is 0 Å². The van der Waals surface area contributed by atoms with Gasteiger partial charge in [0.15, 0.2) is 0 Å². The summed E-state index contributed by atoms with van der Waals surface area (Å²) in [6, 6.07) is 1.01. The number of hydrogen-bond acceptors (Lipinski definition) is 2. The first-order valence-corrected chi connectivity index (χ1v) is 7.91. The second-order valence-electron chi connectivity index (χ2n) is 7.82. The summed E-state index contributed by atoms with van der Waals surface area (Å²) in [7, 11) is 0. The SMILES string of the molecule is CC1(C)C(C(=O)N2CCCC2C2CCCN2)C1(C)C. The van der Waals surface area contributed by atoms with E-state index in [1.807, 2.05) is 0 Å². The predicted octanol–water partition coefficient (Wildman–Crippen LogP) is 2.41. The minimum Gasteiger partial charge on any atom is -0.338 e. The van der Waals surface area contributed by atoms with Gasteiger partial charge in [-0.25, -0.2) is 0 Å². The minimum absolute atomic E-state index is 0.167. The zero-order valence-corrected chi connectivity index (χ0v) is 12.8. The van der Waals surface area contributed by atoms with E-state index in [4.69, 9.17) is 0 Å². The topological polar surface area (TPSA) is 32.3 Å². The summed E-state index contributed by atoms with van der Waals surface area (Å²) in [6.07, 6.45) is 4.88. The highest BCUT2D eigenvalue weighted by atomic mass is 16.2. The molecule has 0 spiro atoms. The van der Waals surface area contributed by atoms with Crippen LogP contribution in [0.5, 0.6) is 0 Å². The molecule has 0 aromatic carbocycles. The number of hydrogen-bond donors (Lipinski definition) is 1. The fraction of sp³-hybridized carbons (Fsp3) is 0.938. The number of carbonyl (C=O) groups excluding carboxylic acids is 1. The van der Waals surface area contributed by atoms with Crippen molar-refractivity contribution in [3.05, 3.63) is 0 Å². The highest BCUT2D eigenvalue weighted by Crippen LogP contribution is 2.69. The Kier molecular flexibility index (Phi) is 2.97. The van der Waals surface area contributed by atoms with Crippen molar-refractivity contribution in [3.63, 3.8) is 0 Å². The van der Waals surface area contributed by atoms with Gasteiger partial charge in [-0.1, -0.05) is 27.7 Å².